The number of rotatable bonds is 5. The lowest BCUT2D eigenvalue weighted by Gasteiger charge is -2.16. The van der Waals surface area contributed by atoms with Gasteiger partial charge in [0, 0.05) is 18.7 Å². The fourth-order valence-corrected chi connectivity index (χ4v) is 3.28. The lowest BCUT2D eigenvalue weighted by atomic mass is 10.1. The Morgan fingerprint density at radius 3 is 2.50 bits per heavy atom. The number of anilines is 2. The molecule has 2 aromatic rings. The number of carbonyl (C=O) groups is 3. The highest BCUT2D eigenvalue weighted by atomic mass is 35.5. The zero-order valence-electron chi connectivity index (χ0n) is 15.7. The number of benzene rings is 2. The Morgan fingerprint density at radius 2 is 1.82 bits per heavy atom. The number of amides is 2. The van der Waals surface area contributed by atoms with Crippen LogP contribution in [0.1, 0.15) is 17.5 Å². The van der Waals surface area contributed by atoms with Crippen molar-refractivity contribution in [3.05, 3.63) is 58.6 Å². The summed E-state index contributed by atoms with van der Waals surface area (Å²) in [4.78, 5) is 38.1. The fraction of sp³-hybridized carbons (Fsp3) is 0.286. The first-order valence-electron chi connectivity index (χ1n) is 8.93. The van der Waals surface area contributed by atoms with Crippen molar-refractivity contribution in [1.29, 1.82) is 0 Å². The molecule has 1 atom stereocenters. The molecular weight excluding hydrogens is 380 g/mol. The molecule has 1 aliphatic heterocycles. The van der Waals surface area contributed by atoms with Gasteiger partial charge in [-0.1, -0.05) is 35.4 Å². The third-order valence-corrected chi connectivity index (χ3v) is 4.86. The van der Waals surface area contributed by atoms with Gasteiger partial charge in [-0.05, 0) is 43.7 Å². The monoisotopic (exact) mass is 400 g/mol. The molecule has 6 nitrogen and oxygen atoms in total. The minimum Gasteiger partial charge on any atom is -0.455 e. The summed E-state index contributed by atoms with van der Waals surface area (Å²) in [6, 6.07) is 12.7. The quantitative estimate of drug-likeness (QED) is 0.779. The lowest BCUT2D eigenvalue weighted by Crippen LogP contribution is -2.28. The third-order valence-electron chi connectivity index (χ3n) is 4.55. The summed E-state index contributed by atoms with van der Waals surface area (Å²) in [6.45, 7) is 3.66. The summed E-state index contributed by atoms with van der Waals surface area (Å²) in [6.07, 6.45) is 0.0676. The molecule has 146 valence electrons. The normalized spacial score (nSPS) is 16.2. The third kappa shape index (κ3) is 4.70. The van der Waals surface area contributed by atoms with Gasteiger partial charge in [0.25, 0.3) is 5.91 Å². The second-order valence-corrected chi connectivity index (χ2v) is 7.29. The molecule has 0 saturated carbocycles. The van der Waals surface area contributed by atoms with Crippen molar-refractivity contribution in [2.75, 3.05) is 23.4 Å². The van der Waals surface area contributed by atoms with Crippen molar-refractivity contribution in [1.82, 2.24) is 0 Å². The number of nitrogens with zero attached hydrogens (tertiary/aromatic N) is 1. The van der Waals surface area contributed by atoms with E-state index < -0.39 is 24.4 Å². The standard InChI is InChI=1S/C21H21ClN2O4/c1-13-3-6-16(7-4-13)24-11-15(10-20(24)26)21(27)28-12-19(25)23-18-8-5-14(2)9-17(18)22/h3-9,15H,10-12H2,1-2H3,(H,23,25)/t15-/m1/s1. The summed E-state index contributed by atoms with van der Waals surface area (Å²) in [7, 11) is 0. The maximum atomic E-state index is 12.3. The molecule has 1 aliphatic rings. The van der Waals surface area contributed by atoms with Crippen molar-refractivity contribution in [2.24, 2.45) is 5.92 Å². The van der Waals surface area contributed by atoms with E-state index >= 15 is 0 Å². The molecule has 1 N–H and O–H groups in total. The van der Waals surface area contributed by atoms with Gasteiger partial charge in [-0.15, -0.1) is 0 Å². The predicted molar refractivity (Wildman–Crippen MR) is 107 cm³/mol. The van der Waals surface area contributed by atoms with Crippen LogP contribution in [-0.2, 0) is 19.1 Å². The van der Waals surface area contributed by atoms with Crippen LogP contribution in [0.15, 0.2) is 42.5 Å². The van der Waals surface area contributed by atoms with E-state index in [0.717, 1.165) is 16.8 Å². The number of ether oxygens (including phenoxy) is 1. The summed E-state index contributed by atoms with van der Waals surface area (Å²) in [5.41, 5.74) is 3.26. The van der Waals surface area contributed by atoms with E-state index in [0.29, 0.717) is 10.7 Å². The number of hydrogen-bond acceptors (Lipinski definition) is 4. The zero-order valence-corrected chi connectivity index (χ0v) is 16.5. The van der Waals surface area contributed by atoms with Crippen LogP contribution in [0.5, 0.6) is 0 Å². The van der Waals surface area contributed by atoms with Crippen LogP contribution < -0.4 is 10.2 Å². The molecule has 0 spiro atoms. The van der Waals surface area contributed by atoms with Crippen molar-refractivity contribution in [3.8, 4) is 0 Å². The molecule has 7 heteroatoms. The molecule has 28 heavy (non-hydrogen) atoms. The van der Waals surface area contributed by atoms with Crippen LogP contribution in [0.3, 0.4) is 0 Å². The second kappa shape index (κ2) is 8.44. The number of aryl methyl sites for hydroxylation is 2. The van der Waals surface area contributed by atoms with E-state index in [1.807, 2.05) is 44.2 Å². The molecule has 0 bridgehead atoms. The number of esters is 1. The average molecular weight is 401 g/mol. The van der Waals surface area contributed by atoms with Gasteiger partial charge in [0.15, 0.2) is 6.61 Å². The van der Waals surface area contributed by atoms with E-state index in [-0.39, 0.29) is 18.9 Å². The van der Waals surface area contributed by atoms with Crippen molar-refractivity contribution >= 4 is 40.8 Å². The molecule has 0 unspecified atom stereocenters. The molecule has 0 aliphatic carbocycles. The summed E-state index contributed by atoms with van der Waals surface area (Å²) < 4.78 is 5.10. The highest BCUT2D eigenvalue weighted by Gasteiger charge is 2.36. The Kier molecular flexibility index (Phi) is 5.99. The molecule has 2 aromatic carbocycles. The van der Waals surface area contributed by atoms with E-state index in [9.17, 15) is 14.4 Å². The Hall–Kier alpha value is -2.86. The van der Waals surface area contributed by atoms with E-state index in [1.54, 1.807) is 17.0 Å². The van der Waals surface area contributed by atoms with Gasteiger partial charge < -0.3 is 15.0 Å². The molecular formula is C21H21ClN2O4. The van der Waals surface area contributed by atoms with Crippen molar-refractivity contribution < 1.29 is 19.1 Å². The van der Waals surface area contributed by atoms with Gasteiger partial charge in [0.2, 0.25) is 5.91 Å². The van der Waals surface area contributed by atoms with Gasteiger partial charge in [-0.2, -0.15) is 0 Å². The van der Waals surface area contributed by atoms with Crippen LogP contribution in [0, 0.1) is 19.8 Å². The Bertz CT molecular complexity index is 911. The SMILES string of the molecule is Cc1ccc(N2C[C@H](C(=O)OCC(=O)Nc3ccc(C)cc3Cl)CC2=O)cc1. The van der Waals surface area contributed by atoms with Crippen LogP contribution in [0.25, 0.3) is 0 Å². The summed E-state index contributed by atoms with van der Waals surface area (Å²) >= 11 is 6.07. The van der Waals surface area contributed by atoms with Crippen molar-refractivity contribution in [3.63, 3.8) is 0 Å². The van der Waals surface area contributed by atoms with Gasteiger partial charge in [0.1, 0.15) is 0 Å². The van der Waals surface area contributed by atoms with E-state index in [4.69, 9.17) is 16.3 Å². The maximum absolute atomic E-state index is 12.3. The highest BCUT2D eigenvalue weighted by molar-refractivity contribution is 6.33. The number of hydrogen-bond donors (Lipinski definition) is 1. The largest absolute Gasteiger partial charge is 0.455 e. The van der Waals surface area contributed by atoms with Crippen molar-refractivity contribution in [2.45, 2.75) is 20.3 Å². The molecule has 3 rings (SSSR count). The first-order chi connectivity index (χ1) is 13.3. The maximum Gasteiger partial charge on any atom is 0.311 e. The van der Waals surface area contributed by atoms with E-state index in [2.05, 4.69) is 5.32 Å². The Labute approximate surface area is 168 Å². The molecule has 0 aromatic heterocycles. The Morgan fingerprint density at radius 1 is 1.14 bits per heavy atom. The van der Waals surface area contributed by atoms with Crippen LogP contribution in [0.2, 0.25) is 5.02 Å². The molecule has 1 heterocycles. The topological polar surface area (TPSA) is 75.7 Å². The van der Waals surface area contributed by atoms with Gasteiger partial charge in [0.05, 0.1) is 16.6 Å². The Balaban J connectivity index is 1.53. The number of carbonyl (C=O) groups excluding carboxylic acids is 3. The van der Waals surface area contributed by atoms with Gasteiger partial charge >= 0.3 is 5.97 Å². The number of halogens is 1. The molecule has 0 radical (unpaired) electrons. The lowest BCUT2D eigenvalue weighted by molar-refractivity contribution is -0.151. The molecule has 1 saturated heterocycles. The summed E-state index contributed by atoms with van der Waals surface area (Å²) in [5, 5.41) is 3.02. The molecule has 2 amide bonds. The first kappa shape index (κ1) is 19.9. The van der Waals surface area contributed by atoms with Crippen LogP contribution in [-0.4, -0.2) is 30.9 Å². The second-order valence-electron chi connectivity index (χ2n) is 6.88. The number of nitrogens with one attached hydrogen (secondary N) is 1. The van der Waals surface area contributed by atoms with Gasteiger partial charge in [-0.25, -0.2) is 0 Å². The zero-order chi connectivity index (χ0) is 20.3. The fourth-order valence-electron chi connectivity index (χ4n) is 3.00. The smallest absolute Gasteiger partial charge is 0.311 e. The minimum absolute atomic E-state index is 0.0676. The minimum atomic E-state index is -0.593. The van der Waals surface area contributed by atoms with Gasteiger partial charge in [-0.3, -0.25) is 14.4 Å². The predicted octanol–water partition coefficient (Wildman–Crippen LogP) is 3.49. The molecule has 1 fully saturated rings. The van der Waals surface area contributed by atoms with Crippen LogP contribution in [0.4, 0.5) is 11.4 Å². The van der Waals surface area contributed by atoms with E-state index in [1.165, 1.54) is 0 Å². The summed E-state index contributed by atoms with van der Waals surface area (Å²) in [5.74, 6) is -1.78. The highest BCUT2D eigenvalue weighted by Crippen LogP contribution is 2.26. The average Bonchev–Trinajstić information content (AvgIpc) is 3.04. The van der Waals surface area contributed by atoms with Crippen LogP contribution >= 0.6 is 11.6 Å². The first-order valence-corrected chi connectivity index (χ1v) is 9.31.